The first kappa shape index (κ1) is 13.1. The Morgan fingerprint density at radius 2 is 1.94 bits per heavy atom. The number of alkyl halides is 3. The molecule has 1 aromatic rings. The van der Waals surface area contributed by atoms with Crippen molar-refractivity contribution in [1.29, 1.82) is 0 Å². The molecule has 1 aliphatic carbocycles. The first-order chi connectivity index (χ1) is 8.41. The van der Waals surface area contributed by atoms with E-state index < -0.39 is 23.7 Å². The lowest BCUT2D eigenvalue weighted by Gasteiger charge is -2.16. The van der Waals surface area contributed by atoms with Crippen molar-refractivity contribution in [3.63, 3.8) is 0 Å². The third-order valence-electron chi connectivity index (χ3n) is 3.06. The summed E-state index contributed by atoms with van der Waals surface area (Å²) >= 11 is 0. The molecule has 1 nitrogen and oxygen atoms in total. The molecule has 1 aromatic carbocycles. The van der Waals surface area contributed by atoms with Crippen molar-refractivity contribution >= 4 is 0 Å². The maximum atomic E-state index is 13.8. The monoisotopic (exact) mass is 260 g/mol. The van der Waals surface area contributed by atoms with Gasteiger partial charge in [0.1, 0.15) is 11.9 Å². The summed E-state index contributed by atoms with van der Waals surface area (Å²) in [6.07, 6.45) is -2.07. The lowest BCUT2D eigenvalue weighted by molar-refractivity contribution is -0.140. The topological polar surface area (TPSA) is 20.2 Å². The van der Waals surface area contributed by atoms with E-state index in [1.165, 1.54) is 6.07 Å². The van der Waals surface area contributed by atoms with Crippen LogP contribution >= 0.6 is 0 Å². The standard InChI is InChI=1S/C13H12F4O/c14-11-9(12(18)8-4-1-2-5-8)6-3-7-10(11)13(15,16)17/h3-4,6-7,12,18H,1-2,5H2. The van der Waals surface area contributed by atoms with Crippen LogP contribution in [0.25, 0.3) is 0 Å². The molecule has 5 heteroatoms. The Hall–Kier alpha value is -1.36. The van der Waals surface area contributed by atoms with Gasteiger partial charge in [-0.3, -0.25) is 0 Å². The summed E-state index contributed by atoms with van der Waals surface area (Å²) in [5, 5.41) is 9.92. The van der Waals surface area contributed by atoms with Gasteiger partial charge in [0.05, 0.1) is 5.56 Å². The fourth-order valence-electron chi connectivity index (χ4n) is 2.12. The average molecular weight is 260 g/mol. The summed E-state index contributed by atoms with van der Waals surface area (Å²) < 4.78 is 51.4. The van der Waals surface area contributed by atoms with Crippen molar-refractivity contribution in [2.45, 2.75) is 31.5 Å². The molecule has 98 valence electrons. The minimum Gasteiger partial charge on any atom is -0.384 e. The molecule has 0 spiro atoms. The Bertz CT molecular complexity index is 476. The highest BCUT2D eigenvalue weighted by molar-refractivity contribution is 5.34. The molecular formula is C13H12F4O. The molecule has 1 unspecified atom stereocenters. The summed E-state index contributed by atoms with van der Waals surface area (Å²) in [5.74, 6) is -1.38. The van der Waals surface area contributed by atoms with Gasteiger partial charge < -0.3 is 5.11 Å². The number of rotatable bonds is 2. The number of benzene rings is 1. The molecule has 1 aliphatic rings. The normalized spacial score (nSPS) is 17.7. The maximum Gasteiger partial charge on any atom is 0.419 e. The Balaban J connectivity index is 2.40. The van der Waals surface area contributed by atoms with Crippen molar-refractivity contribution in [3.05, 3.63) is 46.8 Å². The van der Waals surface area contributed by atoms with E-state index in [1.54, 1.807) is 6.08 Å². The fourth-order valence-corrected chi connectivity index (χ4v) is 2.12. The van der Waals surface area contributed by atoms with Crippen molar-refractivity contribution in [1.82, 2.24) is 0 Å². The molecule has 18 heavy (non-hydrogen) atoms. The van der Waals surface area contributed by atoms with Crippen molar-refractivity contribution < 1.29 is 22.7 Å². The largest absolute Gasteiger partial charge is 0.419 e. The summed E-state index contributed by atoms with van der Waals surface area (Å²) in [6, 6.07) is 2.98. The Kier molecular flexibility index (Phi) is 3.43. The zero-order chi connectivity index (χ0) is 13.3. The van der Waals surface area contributed by atoms with Crippen LogP contribution in [0.15, 0.2) is 29.8 Å². The molecule has 0 bridgehead atoms. The minimum atomic E-state index is -4.75. The highest BCUT2D eigenvalue weighted by Crippen LogP contribution is 2.37. The van der Waals surface area contributed by atoms with Gasteiger partial charge in [-0.1, -0.05) is 18.2 Å². The highest BCUT2D eigenvalue weighted by Gasteiger charge is 2.36. The van der Waals surface area contributed by atoms with E-state index in [0.717, 1.165) is 18.9 Å². The lowest BCUT2D eigenvalue weighted by atomic mass is 9.98. The van der Waals surface area contributed by atoms with E-state index in [9.17, 15) is 22.7 Å². The molecule has 2 rings (SSSR count). The van der Waals surface area contributed by atoms with Gasteiger partial charge in [0.25, 0.3) is 0 Å². The Labute approximate surface area is 102 Å². The smallest absolute Gasteiger partial charge is 0.384 e. The number of allylic oxidation sites excluding steroid dienone is 1. The molecular weight excluding hydrogens is 248 g/mol. The lowest BCUT2D eigenvalue weighted by Crippen LogP contribution is -2.12. The molecule has 0 heterocycles. The minimum absolute atomic E-state index is 0.307. The number of halogens is 4. The molecule has 0 radical (unpaired) electrons. The summed E-state index contributed by atoms with van der Waals surface area (Å²) in [7, 11) is 0. The van der Waals surface area contributed by atoms with Gasteiger partial charge in [0.15, 0.2) is 0 Å². The predicted molar refractivity (Wildman–Crippen MR) is 58.3 cm³/mol. The second-order valence-corrected chi connectivity index (χ2v) is 4.28. The van der Waals surface area contributed by atoms with Crippen LogP contribution in [0.5, 0.6) is 0 Å². The zero-order valence-corrected chi connectivity index (χ0v) is 9.47. The quantitative estimate of drug-likeness (QED) is 0.629. The van der Waals surface area contributed by atoms with Gasteiger partial charge in [0, 0.05) is 5.56 Å². The third kappa shape index (κ3) is 2.41. The molecule has 0 aliphatic heterocycles. The Morgan fingerprint density at radius 3 is 2.50 bits per heavy atom. The van der Waals surface area contributed by atoms with Gasteiger partial charge in [-0.25, -0.2) is 4.39 Å². The van der Waals surface area contributed by atoms with E-state index in [1.807, 2.05) is 0 Å². The molecule has 0 aromatic heterocycles. The van der Waals surface area contributed by atoms with Crippen LogP contribution < -0.4 is 0 Å². The van der Waals surface area contributed by atoms with Gasteiger partial charge in [-0.15, -0.1) is 0 Å². The van der Waals surface area contributed by atoms with E-state index in [0.29, 0.717) is 18.1 Å². The van der Waals surface area contributed by atoms with Crippen LogP contribution in [0, 0.1) is 5.82 Å². The molecule has 1 atom stereocenters. The van der Waals surface area contributed by atoms with E-state index in [-0.39, 0.29) is 5.56 Å². The number of aliphatic hydroxyl groups excluding tert-OH is 1. The first-order valence-electron chi connectivity index (χ1n) is 5.64. The van der Waals surface area contributed by atoms with Crippen LogP contribution in [0.3, 0.4) is 0 Å². The van der Waals surface area contributed by atoms with Gasteiger partial charge in [-0.2, -0.15) is 13.2 Å². The van der Waals surface area contributed by atoms with Crippen LogP contribution in [0.4, 0.5) is 17.6 Å². The van der Waals surface area contributed by atoms with Crippen LogP contribution in [-0.2, 0) is 6.18 Å². The first-order valence-corrected chi connectivity index (χ1v) is 5.64. The molecule has 0 amide bonds. The van der Waals surface area contributed by atoms with E-state index in [4.69, 9.17) is 0 Å². The van der Waals surface area contributed by atoms with Crippen molar-refractivity contribution in [2.75, 3.05) is 0 Å². The average Bonchev–Trinajstić information content (AvgIpc) is 2.80. The summed E-state index contributed by atoms with van der Waals surface area (Å²) in [4.78, 5) is 0. The van der Waals surface area contributed by atoms with Gasteiger partial charge in [-0.05, 0) is 30.9 Å². The van der Waals surface area contributed by atoms with E-state index >= 15 is 0 Å². The van der Waals surface area contributed by atoms with Crippen molar-refractivity contribution in [2.24, 2.45) is 0 Å². The molecule has 0 saturated heterocycles. The second-order valence-electron chi connectivity index (χ2n) is 4.28. The van der Waals surface area contributed by atoms with Crippen molar-refractivity contribution in [3.8, 4) is 0 Å². The molecule has 0 saturated carbocycles. The van der Waals surface area contributed by atoms with Crippen LogP contribution in [-0.4, -0.2) is 5.11 Å². The van der Waals surface area contributed by atoms with E-state index in [2.05, 4.69) is 0 Å². The van der Waals surface area contributed by atoms with Crippen LogP contribution in [0.2, 0.25) is 0 Å². The number of hydrogen-bond acceptors (Lipinski definition) is 1. The summed E-state index contributed by atoms with van der Waals surface area (Å²) in [5.41, 5.74) is -1.05. The molecule has 0 fully saturated rings. The zero-order valence-electron chi connectivity index (χ0n) is 9.47. The van der Waals surface area contributed by atoms with Gasteiger partial charge >= 0.3 is 6.18 Å². The number of hydrogen-bond donors (Lipinski definition) is 1. The van der Waals surface area contributed by atoms with Gasteiger partial charge in [0.2, 0.25) is 0 Å². The third-order valence-corrected chi connectivity index (χ3v) is 3.06. The predicted octanol–water partition coefficient (Wildman–Crippen LogP) is 3.99. The summed E-state index contributed by atoms with van der Waals surface area (Å²) in [6.45, 7) is 0. The Morgan fingerprint density at radius 1 is 1.22 bits per heavy atom. The molecule has 1 N–H and O–H groups in total. The SMILES string of the molecule is OC(C1=CCCC1)c1cccc(C(F)(F)F)c1F. The second kappa shape index (κ2) is 4.72. The highest BCUT2D eigenvalue weighted by atomic mass is 19.4. The number of aliphatic hydroxyl groups is 1. The maximum absolute atomic E-state index is 13.8. The fraction of sp³-hybridized carbons (Fsp3) is 0.385. The van der Waals surface area contributed by atoms with Crippen LogP contribution in [0.1, 0.15) is 36.5 Å².